The van der Waals surface area contributed by atoms with Crippen LogP contribution in [0.25, 0.3) is 22.3 Å². The van der Waals surface area contributed by atoms with Gasteiger partial charge in [-0.05, 0) is 115 Å². The third-order valence-electron chi connectivity index (χ3n) is 10.3. The Morgan fingerprint density at radius 2 is 1.71 bits per heavy atom. The quantitative estimate of drug-likeness (QED) is 0.308. The highest BCUT2D eigenvalue weighted by Crippen LogP contribution is 2.41. The van der Waals surface area contributed by atoms with Gasteiger partial charge in [-0.1, -0.05) is 0 Å². The predicted molar refractivity (Wildman–Crippen MR) is 178 cm³/mol. The second kappa shape index (κ2) is 12.1. The monoisotopic (exact) mass is 610 g/mol. The van der Waals surface area contributed by atoms with Crippen molar-refractivity contribution in [3.63, 3.8) is 0 Å². The van der Waals surface area contributed by atoms with Crippen molar-refractivity contribution in [3.05, 3.63) is 47.8 Å². The number of ether oxygens (including phenoxy) is 1. The van der Waals surface area contributed by atoms with Crippen LogP contribution < -0.4 is 15.0 Å². The van der Waals surface area contributed by atoms with Crippen LogP contribution >= 0.6 is 0 Å². The Bertz CT molecular complexity index is 1700. The zero-order chi connectivity index (χ0) is 31.2. The maximum absolute atomic E-state index is 13.9. The van der Waals surface area contributed by atoms with Crippen LogP contribution in [-0.2, 0) is 13.6 Å². The third-order valence-corrected chi connectivity index (χ3v) is 10.3. The number of carbonyl (C=O) groups is 1. The molecule has 1 N–H and O–H groups in total. The molecule has 0 radical (unpaired) electrons. The van der Waals surface area contributed by atoms with Crippen LogP contribution in [0.2, 0.25) is 0 Å². The van der Waals surface area contributed by atoms with Gasteiger partial charge in [0.05, 0.1) is 35.1 Å². The molecule has 2 saturated carbocycles. The zero-order valence-electron chi connectivity index (χ0n) is 27.3. The zero-order valence-corrected chi connectivity index (χ0v) is 27.3. The van der Waals surface area contributed by atoms with Gasteiger partial charge < -0.3 is 19.1 Å². The van der Waals surface area contributed by atoms with Crippen molar-refractivity contribution in [1.82, 2.24) is 29.2 Å². The minimum atomic E-state index is -0.197. The topological polar surface area (TPSA) is 93.3 Å². The summed E-state index contributed by atoms with van der Waals surface area (Å²) >= 11 is 0. The molecule has 238 valence electrons. The summed E-state index contributed by atoms with van der Waals surface area (Å²) in [5.41, 5.74) is 5.92. The van der Waals surface area contributed by atoms with Crippen molar-refractivity contribution in [2.75, 3.05) is 38.0 Å². The van der Waals surface area contributed by atoms with Crippen molar-refractivity contribution in [2.24, 2.45) is 18.9 Å². The number of hydrogen-bond donors (Lipinski definition) is 1. The molecule has 1 aromatic carbocycles. The average Bonchev–Trinajstić information content (AvgIpc) is 3.74. The molecule has 3 aliphatic rings. The average molecular weight is 611 g/mol. The van der Waals surface area contributed by atoms with Crippen LogP contribution in [0.1, 0.15) is 67.4 Å². The molecule has 10 heteroatoms. The molecule has 4 aromatic rings. The number of nitrogens with zero attached hydrogens (tertiary/aromatic N) is 7. The van der Waals surface area contributed by atoms with E-state index < -0.39 is 0 Å². The Labute approximate surface area is 265 Å². The molecule has 4 heterocycles. The molecule has 0 saturated heterocycles. The lowest BCUT2D eigenvalue weighted by Crippen LogP contribution is -2.40. The smallest absolute Gasteiger partial charge is 0.258 e. The van der Waals surface area contributed by atoms with Crippen molar-refractivity contribution >= 4 is 28.6 Å². The lowest BCUT2D eigenvalue weighted by Gasteiger charge is -2.38. The van der Waals surface area contributed by atoms with Crippen LogP contribution in [0.3, 0.4) is 0 Å². The van der Waals surface area contributed by atoms with Crippen LogP contribution in [0.15, 0.2) is 36.5 Å². The summed E-state index contributed by atoms with van der Waals surface area (Å²) in [4.78, 5) is 28.5. The number of fused-ring (bicyclic) bond motifs is 7. The first-order chi connectivity index (χ1) is 21.7. The van der Waals surface area contributed by atoms with Gasteiger partial charge in [-0.2, -0.15) is 5.10 Å². The fraction of sp³-hybridized carbons (Fsp3) is 0.543. The molecule has 1 aliphatic heterocycles. The van der Waals surface area contributed by atoms with Crippen LogP contribution in [0, 0.1) is 18.8 Å². The number of aromatic nitrogens is 5. The highest BCUT2D eigenvalue weighted by Gasteiger charge is 2.33. The van der Waals surface area contributed by atoms with Crippen LogP contribution in [0.4, 0.5) is 11.6 Å². The van der Waals surface area contributed by atoms with Gasteiger partial charge in [-0.15, -0.1) is 0 Å². The first-order valence-corrected chi connectivity index (χ1v) is 16.6. The van der Waals surface area contributed by atoms with E-state index >= 15 is 0 Å². The molecule has 1 amide bonds. The van der Waals surface area contributed by atoms with E-state index in [0.29, 0.717) is 53.6 Å². The summed E-state index contributed by atoms with van der Waals surface area (Å²) in [7, 11) is 8.48. The summed E-state index contributed by atoms with van der Waals surface area (Å²) in [6.45, 7) is 3.33. The van der Waals surface area contributed by atoms with Gasteiger partial charge >= 0.3 is 0 Å². The fourth-order valence-electron chi connectivity index (χ4n) is 7.47. The van der Waals surface area contributed by atoms with Gasteiger partial charge in [0.2, 0.25) is 11.8 Å². The highest BCUT2D eigenvalue weighted by atomic mass is 16.5. The van der Waals surface area contributed by atoms with Gasteiger partial charge in [-0.25, -0.2) is 9.67 Å². The van der Waals surface area contributed by atoms with E-state index in [0.717, 1.165) is 41.7 Å². The van der Waals surface area contributed by atoms with Crippen LogP contribution in [0.5, 0.6) is 5.88 Å². The predicted octanol–water partition coefficient (Wildman–Crippen LogP) is 5.90. The number of aryl methyl sites for hydroxylation is 2. The molecule has 10 nitrogen and oxygen atoms in total. The molecule has 1 unspecified atom stereocenters. The first-order valence-electron chi connectivity index (χ1n) is 16.6. The highest BCUT2D eigenvalue weighted by molar-refractivity contribution is 6.05. The van der Waals surface area contributed by atoms with E-state index in [2.05, 4.69) is 64.1 Å². The number of imidazole rings is 1. The molecule has 2 bridgehead atoms. The lowest BCUT2D eigenvalue weighted by atomic mass is 9.89. The molecule has 1 atom stereocenters. The van der Waals surface area contributed by atoms with E-state index in [4.69, 9.17) is 14.7 Å². The number of rotatable bonds is 4. The number of anilines is 2. The van der Waals surface area contributed by atoms with Gasteiger partial charge in [0.25, 0.3) is 5.91 Å². The van der Waals surface area contributed by atoms with E-state index in [1.54, 1.807) is 10.9 Å². The second-order valence-electron chi connectivity index (χ2n) is 13.7. The van der Waals surface area contributed by atoms with Crippen molar-refractivity contribution in [3.8, 4) is 17.1 Å². The maximum Gasteiger partial charge on any atom is 0.258 e. The van der Waals surface area contributed by atoms with Crippen LogP contribution in [-0.4, -0.2) is 75.0 Å². The van der Waals surface area contributed by atoms with E-state index in [1.165, 1.54) is 44.2 Å². The fourth-order valence-corrected chi connectivity index (χ4v) is 7.47. The standard InChI is InChI=1S/C35H46N8O2/c1-22-17-25-18-30(37-22)29-20-36-42(5)34(29)45-16-6-7-24(23-8-9-23)21-43-32-15-14-28(19-31(32)38-35(43)39-33(25)44)41(4)27-12-10-26(11-13-27)40(2)3/h14-15,17-20,23-24,26-27H,6-13,16,21H2,1-5H3,(H,38,39,44). The summed E-state index contributed by atoms with van der Waals surface area (Å²) in [5, 5.41) is 7.65. The van der Waals surface area contributed by atoms with E-state index in [1.807, 2.05) is 26.1 Å². The molecule has 7 rings (SSSR count). The number of pyridine rings is 1. The van der Waals surface area contributed by atoms with E-state index in [-0.39, 0.29) is 5.91 Å². The van der Waals surface area contributed by atoms with Gasteiger partial charge in [0.15, 0.2) is 0 Å². The molecule has 0 spiro atoms. The molecule has 45 heavy (non-hydrogen) atoms. The molecule has 2 aliphatic carbocycles. The first kappa shape index (κ1) is 29.8. The van der Waals surface area contributed by atoms with E-state index in [9.17, 15) is 4.79 Å². The number of carbonyl (C=O) groups excluding carboxylic acids is 1. The number of amides is 1. The normalized spacial score (nSPS) is 22.6. The summed E-state index contributed by atoms with van der Waals surface area (Å²) in [5.74, 6) is 2.27. The van der Waals surface area contributed by atoms with Gasteiger partial charge in [-0.3, -0.25) is 15.1 Å². The summed E-state index contributed by atoms with van der Waals surface area (Å²) in [6.07, 6.45) is 11.1. The number of benzene rings is 1. The Morgan fingerprint density at radius 3 is 2.47 bits per heavy atom. The Balaban J connectivity index is 1.24. The third kappa shape index (κ3) is 6.04. The Morgan fingerprint density at radius 1 is 0.933 bits per heavy atom. The minimum Gasteiger partial charge on any atom is -0.477 e. The largest absolute Gasteiger partial charge is 0.477 e. The maximum atomic E-state index is 13.9. The lowest BCUT2D eigenvalue weighted by molar-refractivity contribution is 0.102. The summed E-state index contributed by atoms with van der Waals surface area (Å²) in [6, 6.07) is 11.5. The Hall–Kier alpha value is -3.92. The second-order valence-corrected chi connectivity index (χ2v) is 13.7. The van der Waals surface area contributed by atoms with Crippen molar-refractivity contribution in [1.29, 1.82) is 0 Å². The van der Waals surface area contributed by atoms with Crippen molar-refractivity contribution in [2.45, 2.75) is 76.9 Å². The summed E-state index contributed by atoms with van der Waals surface area (Å²) < 4.78 is 10.3. The van der Waals surface area contributed by atoms with Crippen molar-refractivity contribution < 1.29 is 9.53 Å². The van der Waals surface area contributed by atoms with Gasteiger partial charge in [0, 0.05) is 49.7 Å². The molecule has 2 fully saturated rings. The molecular weight excluding hydrogens is 564 g/mol. The minimum absolute atomic E-state index is 0.197. The molecule has 3 aromatic heterocycles. The Kier molecular flexibility index (Phi) is 8.02. The SMILES string of the molecule is Cc1cc2cc(n1)-c1cnn(C)c1OCCCC(C1CC1)Cn1c(nc3cc(N(C)C4CCC(N(C)C)CC4)ccc31)NC2=O. The number of hydrogen-bond acceptors (Lipinski definition) is 7. The number of nitrogens with one attached hydrogen (secondary N) is 1. The van der Waals surface area contributed by atoms with Gasteiger partial charge in [0.1, 0.15) is 0 Å². The molecular formula is C35H46N8O2.